The highest BCUT2D eigenvalue weighted by Gasteiger charge is 2.25. The molecule has 0 bridgehead atoms. The lowest BCUT2D eigenvalue weighted by Gasteiger charge is -2.17. The van der Waals surface area contributed by atoms with Crippen molar-refractivity contribution >= 4 is 17.0 Å². The molecule has 2 atom stereocenters. The first kappa shape index (κ1) is 18.1. The molecule has 2 N–H and O–H groups in total. The van der Waals surface area contributed by atoms with Crippen LogP contribution in [0.4, 0.5) is 5.95 Å². The highest BCUT2D eigenvalue weighted by molar-refractivity contribution is 5.85. The van der Waals surface area contributed by atoms with Gasteiger partial charge in [0.05, 0.1) is 36.5 Å². The highest BCUT2D eigenvalue weighted by Crippen LogP contribution is 2.35. The zero-order chi connectivity index (χ0) is 19.8. The van der Waals surface area contributed by atoms with Crippen molar-refractivity contribution in [3.63, 3.8) is 0 Å². The normalized spacial score (nSPS) is 21.5. The lowest BCUT2D eigenvalue weighted by molar-refractivity contribution is 0.195. The lowest BCUT2D eigenvalue weighted by atomic mass is 9.97. The van der Waals surface area contributed by atoms with Crippen LogP contribution < -0.4 is 15.4 Å². The zero-order valence-corrected chi connectivity index (χ0v) is 16.6. The molecule has 8 heteroatoms. The maximum absolute atomic E-state index is 5.72. The second kappa shape index (κ2) is 7.46. The Bertz CT molecular complexity index is 1070. The number of hydrogen-bond donors (Lipinski definition) is 2. The molecule has 0 aromatic carbocycles. The van der Waals surface area contributed by atoms with Gasteiger partial charge in [0.25, 0.3) is 0 Å². The zero-order valence-electron chi connectivity index (χ0n) is 16.6. The Labute approximate surface area is 169 Å². The van der Waals surface area contributed by atoms with Crippen molar-refractivity contribution in [2.45, 2.75) is 32.0 Å². The van der Waals surface area contributed by atoms with E-state index in [0.717, 1.165) is 40.9 Å². The van der Waals surface area contributed by atoms with Crippen LogP contribution in [-0.2, 0) is 11.3 Å². The second-order valence-electron chi connectivity index (χ2n) is 7.45. The molecule has 3 aromatic heterocycles. The second-order valence-corrected chi connectivity index (χ2v) is 7.45. The number of nitrogens with one attached hydrogen (secondary N) is 2. The van der Waals surface area contributed by atoms with Gasteiger partial charge in [-0.25, -0.2) is 9.50 Å². The Morgan fingerprint density at radius 2 is 2.24 bits per heavy atom. The van der Waals surface area contributed by atoms with Crippen LogP contribution in [0.5, 0.6) is 5.88 Å². The van der Waals surface area contributed by atoms with Crippen molar-refractivity contribution in [3.05, 3.63) is 53.5 Å². The van der Waals surface area contributed by atoms with Crippen molar-refractivity contribution in [1.29, 1.82) is 0 Å². The summed E-state index contributed by atoms with van der Waals surface area (Å²) in [5, 5.41) is 11.2. The number of nitrogens with zero attached hydrogens (tertiary/aromatic N) is 4. The first-order chi connectivity index (χ1) is 14.2. The van der Waals surface area contributed by atoms with Gasteiger partial charge in [-0.15, -0.1) is 0 Å². The van der Waals surface area contributed by atoms with Gasteiger partial charge < -0.3 is 20.1 Å². The van der Waals surface area contributed by atoms with Crippen LogP contribution in [0.3, 0.4) is 0 Å². The van der Waals surface area contributed by atoms with Crippen LogP contribution in [0.25, 0.3) is 11.1 Å². The molecule has 0 spiro atoms. The minimum atomic E-state index is 0.185. The van der Waals surface area contributed by atoms with E-state index in [9.17, 15) is 0 Å². The van der Waals surface area contributed by atoms with Gasteiger partial charge in [0.1, 0.15) is 0 Å². The molecule has 1 fully saturated rings. The number of methoxy groups -OCH3 is 1. The molecular formula is C21H24N6O2. The van der Waals surface area contributed by atoms with Gasteiger partial charge >= 0.3 is 0 Å². The molecule has 5 heterocycles. The van der Waals surface area contributed by atoms with Crippen LogP contribution >= 0.6 is 0 Å². The van der Waals surface area contributed by atoms with Crippen LogP contribution in [0, 0.1) is 0 Å². The summed E-state index contributed by atoms with van der Waals surface area (Å²) in [5.41, 5.74) is 5.04. The van der Waals surface area contributed by atoms with Crippen LogP contribution in [-0.4, -0.2) is 52.0 Å². The summed E-state index contributed by atoms with van der Waals surface area (Å²) in [5.74, 6) is 1.16. The van der Waals surface area contributed by atoms with Crippen molar-refractivity contribution in [3.8, 4) is 5.88 Å². The van der Waals surface area contributed by atoms with Gasteiger partial charge in [0.15, 0.2) is 0 Å². The molecule has 1 saturated heterocycles. The van der Waals surface area contributed by atoms with Crippen molar-refractivity contribution in [2.75, 3.05) is 25.6 Å². The van der Waals surface area contributed by atoms with Crippen LogP contribution in [0.1, 0.15) is 30.2 Å². The van der Waals surface area contributed by atoms with Crippen LogP contribution in [0.15, 0.2) is 36.7 Å². The third kappa shape index (κ3) is 3.45. The number of rotatable bonds is 4. The number of hydrogen-bond acceptors (Lipinski definition) is 7. The van der Waals surface area contributed by atoms with Crippen molar-refractivity contribution < 1.29 is 9.47 Å². The Hall–Kier alpha value is -2.97. The molecule has 8 nitrogen and oxygen atoms in total. The highest BCUT2D eigenvalue weighted by atomic mass is 16.5. The average molecular weight is 392 g/mol. The van der Waals surface area contributed by atoms with Gasteiger partial charge in [-0.05, 0) is 42.7 Å². The Morgan fingerprint density at radius 1 is 1.31 bits per heavy atom. The van der Waals surface area contributed by atoms with Gasteiger partial charge in [-0.1, -0.05) is 6.08 Å². The summed E-state index contributed by atoms with van der Waals surface area (Å²) < 4.78 is 13.0. The van der Waals surface area contributed by atoms with Crippen molar-refractivity contribution in [2.24, 2.45) is 0 Å². The third-order valence-electron chi connectivity index (χ3n) is 5.40. The topological polar surface area (TPSA) is 85.6 Å². The fourth-order valence-corrected chi connectivity index (χ4v) is 3.91. The maximum Gasteiger partial charge on any atom is 0.226 e. The van der Waals surface area contributed by atoms with Gasteiger partial charge in [-0.3, -0.25) is 0 Å². The predicted molar refractivity (Wildman–Crippen MR) is 110 cm³/mol. The minimum Gasteiger partial charge on any atom is -0.480 e. The molecule has 0 radical (unpaired) electrons. The van der Waals surface area contributed by atoms with Crippen molar-refractivity contribution in [1.82, 2.24) is 24.9 Å². The van der Waals surface area contributed by atoms with Gasteiger partial charge in [-0.2, -0.15) is 10.1 Å². The average Bonchev–Trinajstić information content (AvgIpc) is 3.38. The van der Waals surface area contributed by atoms with E-state index in [-0.39, 0.29) is 12.1 Å². The maximum atomic E-state index is 5.72. The molecule has 3 aromatic rings. The summed E-state index contributed by atoms with van der Waals surface area (Å²) in [6, 6.07) is 6.60. The van der Waals surface area contributed by atoms with E-state index in [2.05, 4.69) is 45.8 Å². The summed E-state index contributed by atoms with van der Waals surface area (Å²) in [6.07, 6.45) is 6.93. The summed E-state index contributed by atoms with van der Waals surface area (Å²) in [7, 11) is 1.66. The lowest BCUT2D eigenvalue weighted by Crippen LogP contribution is -2.24. The summed E-state index contributed by atoms with van der Waals surface area (Å²) in [4.78, 5) is 9.51. The molecule has 0 amide bonds. The number of aromatic nitrogens is 4. The quantitative estimate of drug-likeness (QED) is 0.704. The Balaban J connectivity index is 1.61. The van der Waals surface area contributed by atoms with E-state index in [1.807, 2.05) is 16.8 Å². The molecule has 150 valence electrons. The smallest absolute Gasteiger partial charge is 0.226 e. The molecule has 0 saturated carbocycles. The number of fused-ring (bicyclic) bond motifs is 2. The first-order valence-electron chi connectivity index (χ1n) is 9.90. The molecular weight excluding hydrogens is 368 g/mol. The van der Waals surface area contributed by atoms with Crippen LogP contribution in [0.2, 0.25) is 0 Å². The summed E-state index contributed by atoms with van der Waals surface area (Å²) in [6.45, 7) is 4.22. The largest absolute Gasteiger partial charge is 0.480 e. The molecule has 5 rings (SSSR count). The third-order valence-corrected chi connectivity index (χ3v) is 5.40. The molecule has 0 aliphatic carbocycles. The van der Waals surface area contributed by atoms with E-state index < -0.39 is 0 Å². The number of ether oxygens (including phenoxy) is 2. The summed E-state index contributed by atoms with van der Waals surface area (Å²) >= 11 is 0. The van der Waals surface area contributed by atoms with E-state index in [0.29, 0.717) is 25.0 Å². The monoisotopic (exact) mass is 392 g/mol. The molecule has 0 unspecified atom stereocenters. The first-order valence-corrected chi connectivity index (χ1v) is 9.90. The number of anilines is 1. The molecule has 29 heavy (non-hydrogen) atoms. The molecule has 2 aliphatic heterocycles. The SMILES string of the molecule is COc1nc(N[C@H]2CCOC2)nc2c1C(c1ccn3nccc3c1)=C[C@@H](C)NC2. The fourth-order valence-electron chi connectivity index (χ4n) is 3.91. The molecule has 2 aliphatic rings. The standard InChI is InChI=1S/C21H24N6O2/c1-13-9-17(14-4-7-27-16(10-14)3-6-23-27)19-18(11-22-13)25-21(26-20(19)28-2)24-15-5-8-29-12-15/h3-4,6-7,9-10,13,15,22H,5,8,11-12H2,1-2H3,(H,24,25,26)/t13-,15+/m1/s1. The fraction of sp³-hybridized carbons (Fsp3) is 0.381. The van der Waals surface area contributed by atoms with E-state index in [1.54, 1.807) is 13.3 Å². The van der Waals surface area contributed by atoms with E-state index in [1.165, 1.54) is 0 Å². The Morgan fingerprint density at radius 3 is 3.07 bits per heavy atom. The predicted octanol–water partition coefficient (Wildman–Crippen LogP) is 2.26. The van der Waals surface area contributed by atoms with Gasteiger partial charge in [0.2, 0.25) is 11.8 Å². The Kier molecular flexibility index (Phi) is 4.65. The minimum absolute atomic E-state index is 0.185. The van der Waals surface area contributed by atoms with E-state index >= 15 is 0 Å². The van der Waals surface area contributed by atoms with E-state index in [4.69, 9.17) is 14.5 Å². The van der Waals surface area contributed by atoms with Gasteiger partial charge in [0, 0.05) is 31.6 Å². The number of pyridine rings is 1.